The zero-order valence-corrected chi connectivity index (χ0v) is 13.8. The van der Waals surface area contributed by atoms with Crippen LogP contribution in [0.5, 0.6) is 11.5 Å². The first kappa shape index (κ1) is 18.6. The number of carbonyl (C=O) groups excluding carboxylic acids is 1. The highest BCUT2D eigenvalue weighted by Crippen LogP contribution is 2.29. The molecule has 2 rings (SSSR count). The molecular weight excluding hydrogens is 335 g/mol. The van der Waals surface area contributed by atoms with Gasteiger partial charge in [0.1, 0.15) is 11.5 Å². The van der Waals surface area contributed by atoms with Crippen LogP contribution in [0.2, 0.25) is 0 Å². The number of methoxy groups -OCH3 is 2. The molecule has 0 aliphatic rings. The number of carbonyl (C=O) groups is 1. The summed E-state index contributed by atoms with van der Waals surface area (Å²) in [6.07, 6.45) is -3.93. The Balaban J connectivity index is 1.94. The maximum Gasteiger partial charge on any atom is 0.416 e. The summed E-state index contributed by atoms with van der Waals surface area (Å²) in [5, 5.41) is 2.72. The number of hydrogen-bond donors (Lipinski definition) is 1. The first-order valence-electron chi connectivity index (χ1n) is 7.51. The molecule has 134 valence electrons. The van der Waals surface area contributed by atoms with E-state index in [1.807, 2.05) is 0 Å². The number of alkyl halides is 3. The fraction of sp³-hybridized carbons (Fsp3) is 0.278. The van der Waals surface area contributed by atoms with Gasteiger partial charge in [0.2, 0.25) is 0 Å². The van der Waals surface area contributed by atoms with Crippen LogP contribution in [-0.4, -0.2) is 26.7 Å². The zero-order chi connectivity index (χ0) is 18.4. The monoisotopic (exact) mass is 353 g/mol. The summed E-state index contributed by atoms with van der Waals surface area (Å²) in [7, 11) is 2.97. The third kappa shape index (κ3) is 5.14. The molecule has 0 aliphatic carbocycles. The Labute approximate surface area is 143 Å². The number of rotatable bonds is 6. The molecule has 0 atom stereocenters. The normalized spacial score (nSPS) is 11.1. The second-order valence-corrected chi connectivity index (χ2v) is 5.30. The van der Waals surface area contributed by atoms with Crippen LogP contribution in [0.4, 0.5) is 13.2 Å². The third-order valence-corrected chi connectivity index (χ3v) is 3.59. The molecule has 0 heterocycles. The molecule has 0 saturated carbocycles. The summed E-state index contributed by atoms with van der Waals surface area (Å²) >= 11 is 0. The van der Waals surface area contributed by atoms with E-state index in [1.165, 1.54) is 26.4 Å². The van der Waals surface area contributed by atoms with Gasteiger partial charge in [0.15, 0.2) is 0 Å². The molecule has 0 bridgehead atoms. The molecule has 2 aromatic carbocycles. The molecule has 2 aromatic rings. The van der Waals surface area contributed by atoms with Crippen molar-refractivity contribution in [3.05, 3.63) is 59.2 Å². The molecule has 0 unspecified atom stereocenters. The average molecular weight is 353 g/mol. The number of halogens is 3. The average Bonchev–Trinajstić information content (AvgIpc) is 2.60. The first-order valence-corrected chi connectivity index (χ1v) is 7.51. The molecular formula is C18H18F3NO3. The van der Waals surface area contributed by atoms with E-state index in [2.05, 4.69) is 5.32 Å². The van der Waals surface area contributed by atoms with E-state index in [0.717, 1.165) is 12.1 Å². The molecule has 0 spiro atoms. The van der Waals surface area contributed by atoms with Gasteiger partial charge >= 0.3 is 6.18 Å². The highest BCUT2D eigenvalue weighted by Gasteiger charge is 2.29. The minimum atomic E-state index is -4.35. The van der Waals surface area contributed by atoms with Crippen LogP contribution < -0.4 is 14.8 Å². The molecule has 1 N–H and O–H groups in total. The van der Waals surface area contributed by atoms with Gasteiger partial charge in [-0.3, -0.25) is 4.79 Å². The minimum absolute atomic E-state index is 0.295. The Kier molecular flexibility index (Phi) is 5.90. The SMILES string of the molecule is COc1cc(OC)cc(C(=O)NCCc2ccc(C(F)(F)F)cc2)c1. The van der Waals surface area contributed by atoms with Crippen molar-refractivity contribution in [3.8, 4) is 11.5 Å². The molecule has 0 radical (unpaired) electrons. The van der Waals surface area contributed by atoms with Gasteiger partial charge in [-0.2, -0.15) is 13.2 Å². The second kappa shape index (κ2) is 7.92. The van der Waals surface area contributed by atoms with Gasteiger partial charge in [0.25, 0.3) is 5.91 Å². The van der Waals surface area contributed by atoms with E-state index in [4.69, 9.17) is 9.47 Å². The number of ether oxygens (including phenoxy) is 2. The number of amides is 1. The van der Waals surface area contributed by atoms with Gasteiger partial charge in [0.05, 0.1) is 19.8 Å². The maximum absolute atomic E-state index is 12.5. The van der Waals surface area contributed by atoms with Gasteiger partial charge in [-0.1, -0.05) is 12.1 Å². The van der Waals surface area contributed by atoms with Gasteiger partial charge in [-0.05, 0) is 36.2 Å². The summed E-state index contributed by atoms with van der Waals surface area (Å²) in [5.74, 6) is 0.670. The van der Waals surface area contributed by atoms with Crippen LogP contribution in [0.15, 0.2) is 42.5 Å². The predicted octanol–water partition coefficient (Wildman–Crippen LogP) is 3.70. The summed E-state index contributed by atoms with van der Waals surface area (Å²) in [6.45, 7) is 0.295. The fourth-order valence-electron chi connectivity index (χ4n) is 2.22. The lowest BCUT2D eigenvalue weighted by atomic mass is 10.1. The standard InChI is InChI=1S/C18H18F3NO3/c1-24-15-9-13(10-16(11-15)25-2)17(23)22-8-7-12-3-5-14(6-4-12)18(19,20)21/h3-6,9-11H,7-8H2,1-2H3,(H,22,23). The van der Waals surface area contributed by atoms with Crippen LogP contribution in [-0.2, 0) is 12.6 Å². The van der Waals surface area contributed by atoms with Crippen molar-refractivity contribution < 1.29 is 27.4 Å². The smallest absolute Gasteiger partial charge is 0.416 e. The summed E-state index contributed by atoms with van der Waals surface area (Å²) in [4.78, 5) is 12.2. The number of hydrogen-bond acceptors (Lipinski definition) is 3. The van der Waals surface area contributed by atoms with Crippen molar-refractivity contribution in [2.45, 2.75) is 12.6 Å². The number of nitrogens with one attached hydrogen (secondary N) is 1. The lowest BCUT2D eigenvalue weighted by Crippen LogP contribution is -2.25. The third-order valence-electron chi connectivity index (χ3n) is 3.59. The van der Waals surface area contributed by atoms with Crippen LogP contribution in [0.3, 0.4) is 0 Å². The van der Waals surface area contributed by atoms with E-state index in [0.29, 0.717) is 35.6 Å². The van der Waals surface area contributed by atoms with Crippen LogP contribution in [0, 0.1) is 0 Å². The lowest BCUT2D eigenvalue weighted by molar-refractivity contribution is -0.137. The Morgan fingerprint density at radius 3 is 2.04 bits per heavy atom. The highest BCUT2D eigenvalue weighted by molar-refractivity contribution is 5.95. The van der Waals surface area contributed by atoms with Crippen molar-refractivity contribution in [2.24, 2.45) is 0 Å². The first-order chi connectivity index (χ1) is 11.8. The maximum atomic E-state index is 12.5. The Morgan fingerprint density at radius 1 is 1.00 bits per heavy atom. The predicted molar refractivity (Wildman–Crippen MR) is 87.0 cm³/mol. The number of benzene rings is 2. The fourth-order valence-corrected chi connectivity index (χ4v) is 2.22. The van der Waals surface area contributed by atoms with Gasteiger partial charge in [-0.15, -0.1) is 0 Å². The van der Waals surface area contributed by atoms with E-state index in [9.17, 15) is 18.0 Å². The van der Waals surface area contributed by atoms with E-state index >= 15 is 0 Å². The molecule has 1 amide bonds. The van der Waals surface area contributed by atoms with Crippen molar-refractivity contribution in [3.63, 3.8) is 0 Å². The molecule has 4 nitrogen and oxygen atoms in total. The molecule has 0 fully saturated rings. The largest absolute Gasteiger partial charge is 0.497 e. The molecule has 0 aliphatic heterocycles. The van der Waals surface area contributed by atoms with Crippen LogP contribution in [0.1, 0.15) is 21.5 Å². The van der Waals surface area contributed by atoms with Gasteiger partial charge < -0.3 is 14.8 Å². The molecule has 0 saturated heterocycles. The van der Waals surface area contributed by atoms with Crippen molar-refractivity contribution in [2.75, 3.05) is 20.8 Å². The quantitative estimate of drug-likeness (QED) is 0.862. The van der Waals surface area contributed by atoms with E-state index in [1.54, 1.807) is 18.2 Å². The topological polar surface area (TPSA) is 47.6 Å². The lowest BCUT2D eigenvalue weighted by Gasteiger charge is -2.10. The van der Waals surface area contributed by atoms with Crippen LogP contribution >= 0.6 is 0 Å². The highest BCUT2D eigenvalue weighted by atomic mass is 19.4. The Hall–Kier alpha value is -2.70. The van der Waals surface area contributed by atoms with Gasteiger partial charge in [0, 0.05) is 18.2 Å². The summed E-state index contributed by atoms with van der Waals surface area (Å²) < 4.78 is 47.8. The molecule has 7 heteroatoms. The van der Waals surface area contributed by atoms with Crippen molar-refractivity contribution >= 4 is 5.91 Å². The van der Waals surface area contributed by atoms with E-state index < -0.39 is 11.7 Å². The summed E-state index contributed by atoms with van der Waals surface area (Å²) in [6, 6.07) is 9.69. The Bertz CT molecular complexity index is 705. The second-order valence-electron chi connectivity index (χ2n) is 5.30. The van der Waals surface area contributed by atoms with Crippen molar-refractivity contribution in [1.29, 1.82) is 0 Å². The van der Waals surface area contributed by atoms with Gasteiger partial charge in [-0.25, -0.2) is 0 Å². The van der Waals surface area contributed by atoms with Crippen molar-refractivity contribution in [1.82, 2.24) is 5.32 Å². The van der Waals surface area contributed by atoms with E-state index in [-0.39, 0.29) is 5.91 Å². The van der Waals surface area contributed by atoms with Crippen LogP contribution in [0.25, 0.3) is 0 Å². The summed E-state index contributed by atoms with van der Waals surface area (Å²) in [5.41, 5.74) is 0.393. The zero-order valence-electron chi connectivity index (χ0n) is 13.8. The minimum Gasteiger partial charge on any atom is -0.497 e. The molecule has 25 heavy (non-hydrogen) atoms. The molecule has 0 aromatic heterocycles. The Morgan fingerprint density at radius 2 is 1.56 bits per heavy atom.